The largest absolute Gasteiger partial charge is 0.374 e. The van der Waals surface area contributed by atoms with Gasteiger partial charge < -0.3 is 37.5 Å². The van der Waals surface area contributed by atoms with E-state index in [1.807, 2.05) is 6.08 Å². The molecule has 0 saturated carbocycles. The quantitative estimate of drug-likeness (QED) is 0.164. The van der Waals surface area contributed by atoms with Crippen LogP contribution in [0.25, 0.3) is 0 Å². The third kappa shape index (κ3) is 12.4. The van der Waals surface area contributed by atoms with Crippen LogP contribution in [-0.2, 0) is 47.1 Å². The Morgan fingerprint density at radius 2 is 1.50 bits per heavy atom. The smallest absolute Gasteiger partial charge is 0.158 e. The summed E-state index contributed by atoms with van der Waals surface area (Å²) in [6.45, 7) is 15.8. The number of ether oxygens (including phenoxy) is 6. The van der Waals surface area contributed by atoms with E-state index in [1.165, 1.54) is 12.6 Å². The predicted molar refractivity (Wildman–Crippen MR) is 261 cm³/mol. The van der Waals surface area contributed by atoms with E-state index in [9.17, 15) is 9.59 Å². The van der Waals surface area contributed by atoms with Crippen molar-refractivity contribution in [1.82, 2.24) is 0 Å². The van der Waals surface area contributed by atoms with Crippen LogP contribution in [0.5, 0.6) is 0 Å². The molecule has 10 nitrogen and oxygen atoms in total. The zero-order valence-corrected chi connectivity index (χ0v) is 44.1. The Bertz CT molecular complexity index is 1560. The van der Waals surface area contributed by atoms with E-state index < -0.39 is 51.7 Å². The van der Waals surface area contributed by atoms with Crippen molar-refractivity contribution in [3.05, 3.63) is 36.5 Å². The predicted octanol–water partition coefficient (Wildman–Crippen LogP) is 9.81. The molecule has 7 rings (SSSR count). The molecule has 0 spiro atoms. The Labute approximate surface area is 374 Å². The van der Waals surface area contributed by atoms with Crippen LogP contribution in [0.1, 0.15) is 97.8 Å². The average Bonchev–Trinajstić information content (AvgIpc) is 3.81. The van der Waals surface area contributed by atoms with Gasteiger partial charge in [0.15, 0.2) is 5.78 Å². The highest BCUT2D eigenvalue weighted by atomic mass is 32.4. The summed E-state index contributed by atoms with van der Waals surface area (Å²) in [5, 5.41) is 0. The second kappa shape index (κ2) is 22.7. The molecule has 0 amide bonds. The van der Waals surface area contributed by atoms with Gasteiger partial charge in [-0.1, -0.05) is 75.7 Å². The van der Waals surface area contributed by atoms with E-state index in [1.54, 1.807) is 6.08 Å². The van der Waals surface area contributed by atoms with Crippen LogP contribution in [0.15, 0.2) is 36.5 Å². The fraction of sp³-hybridized carbons (Fsp3) is 0.810. The van der Waals surface area contributed by atoms with Crippen molar-refractivity contribution >= 4 is 79.5 Å². The van der Waals surface area contributed by atoms with Crippen LogP contribution in [0.4, 0.5) is 0 Å². The Balaban J connectivity index is 1.15. The van der Waals surface area contributed by atoms with E-state index in [-0.39, 0.29) is 78.7 Å². The van der Waals surface area contributed by atoms with Crippen molar-refractivity contribution in [2.45, 2.75) is 183 Å². The molecule has 7 heterocycles. The first-order valence-electron chi connectivity index (χ1n) is 22.0. The van der Waals surface area contributed by atoms with Gasteiger partial charge in [0.05, 0.1) is 70.0 Å². The minimum Gasteiger partial charge on any atom is -0.374 e. The third-order valence-corrected chi connectivity index (χ3v) is 18.0. The first kappa shape index (κ1) is 49.6. The van der Waals surface area contributed by atoms with E-state index >= 15 is 0 Å². The Morgan fingerprint density at radius 1 is 0.783 bits per heavy atom. The molecule has 0 N–H and O–H groups in total. The van der Waals surface area contributed by atoms with Gasteiger partial charge in [-0.25, -0.2) is 0 Å². The summed E-state index contributed by atoms with van der Waals surface area (Å²) >= 11 is 0. The summed E-state index contributed by atoms with van der Waals surface area (Å²) in [4.78, 5) is 27.9. The molecule has 8 bridgehead atoms. The van der Waals surface area contributed by atoms with E-state index in [4.69, 9.17) is 37.5 Å². The summed E-state index contributed by atoms with van der Waals surface area (Å²) in [7, 11) is 12.8. The first-order chi connectivity index (χ1) is 28.7. The Hall–Kier alpha value is 1.68. The molecule has 11 unspecified atom stereocenters. The molecule has 0 radical (unpaired) electrons. The molecule has 24 atom stereocenters. The minimum absolute atomic E-state index is 0.0583. The van der Waals surface area contributed by atoms with Crippen LogP contribution in [-0.4, -0.2) is 103 Å². The molecule has 338 valence electrons. The lowest BCUT2D eigenvalue weighted by Crippen LogP contribution is -2.61. The summed E-state index contributed by atoms with van der Waals surface area (Å²) in [5.74, 6) is 1.31. The lowest BCUT2D eigenvalue weighted by molar-refractivity contribution is -0.251. The number of Topliss-reactive ketones (excluding diaryl/α,β-unsaturated/α-hetero) is 1. The Kier molecular flexibility index (Phi) is 18.7. The zero-order valence-electron chi connectivity index (χ0n) is 35.5. The van der Waals surface area contributed by atoms with E-state index in [0.717, 1.165) is 51.5 Å². The molecule has 0 aromatic carbocycles. The van der Waals surface area contributed by atoms with E-state index in [0.29, 0.717) is 43.9 Å². The molecule has 0 aromatic rings. The molecule has 7 aliphatic heterocycles. The van der Waals surface area contributed by atoms with Crippen LogP contribution in [0.2, 0.25) is 0 Å². The molecular weight excluding hydrogens is 912 g/mol. The number of ketones is 2. The third-order valence-electron chi connectivity index (χ3n) is 14.1. The molecule has 18 heteroatoms. The summed E-state index contributed by atoms with van der Waals surface area (Å²) < 4.78 is 54.0. The standard InChI is InChI=1S/C42H70O10P8/c1-21(12-13-58-53)14-34-25(5)31-18-27(44)17-30-9-11-33-38(47-30)42(52-60(56)57)41-40(49-33)39(51-59(54)55)37(50-41)19-26(43)6-7-28-16-23(3)32(45-28)10-8-29-15-22(2)24(4)35(46-29)20-36(31)48-34/h6-7,21-22,25,28-42,58H,3-4,8-20,53-57H2,1-2,5H3/b7-6+/t21-,22-,25-,28?,29?,30-,31?,32+,33+,34-,35-,36?,37-,38+,39+,40+,41?,42+/m1/s1. The lowest BCUT2D eigenvalue weighted by atomic mass is 9.78. The van der Waals surface area contributed by atoms with Crippen molar-refractivity contribution in [3.63, 3.8) is 0 Å². The van der Waals surface area contributed by atoms with Crippen molar-refractivity contribution in [2.75, 3.05) is 6.16 Å². The van der Waals surface area contributed by atoms with E-state index in [2.05, 4.69) is 78.6 Å². The van der Waals surface area contributed by atoms with Gasteiger partial charge in [0.25, 0.3) is 0 Å². The first-order valence-corrected chi connectivity index (χ1v) is 34.1. The summed E-state index contributed by atoms with van der Waals surface area (Å²) in [5.41, 5.74) is 2.17. The minimum atomic E-state index is -0.962. The number of rotatable bonds is 9. The number of carbonyl (C=O) groups is 2. The lowest BCUT2D eigenvalue weighted by Gasteiger charge is -2.48. The van der Waals surface area contributed by atoms with Gasteiger partial charge in [-0.2, -0.15) is 0 Å². The van der Waals surface area contributed by atoms with Gasteiger partial charge in [-0.15, -0.1) is 17.2 Å². The van der Waals surface area contributed by atoms with Gasteiger partial charge in [-0.3, -0.25) is 9.59 Å². The normalized spacial score (nSPS) is 44.2. The Morgan fingerprint density at radius 3 is 2.25 bits per heavy atom. The van der Waals surface area contributed by atoms with Crippen molar-refractivity contribution in [2.24, 2.45) is 23.7 Å². The molecule has 6 fully saturated rings. The zero-order chi connectivity index (χ0) is 42.8. The number of hydrogen-bond donors (Lipinski definition) is 0. The van der Waals surface area contributed by atoms with Crippen molar-refractivity contribution in [1.29, 1.82) is 0 Å². The monoisotopic (exact) mass is 982 g/mol. The maximum atomic E-state index is 14.3. The molecule has 60 heavy (non-hydrogen) atoms. The number of allylic oxidation sites excluding steroid dienone is 1. The van der Waals surface area contributed by atoms with Gasteiger partial charge in [0.1, 0.15) is 36.3 Å². The SMILES string of the molecule is C=C1CC2/C=C/C(=O)C[C@H]3OC4[C@@H](O[C@H]5CC[C@H](CC(=O)CC6C(C[C@H]7OC(CC[C@@H]1O2)C[C@@H](C)C7=C)O[C@H](C[C@H](C)CCPP)[C@@H]6C)O[C@@H]5[C@@H]4OP(P)P)[C@H]3OP(P)P. The number of hydrogen-bond acceptors (Lipinski definition) is 10. The summed E-state index contributed by atoms with van der Waals surface area (Å²) in [6.07, 6.45) is 9.39. The maximum Gasteiger partial charge on any atom is 0.158 e. The van der Waals surface area contributed by atoms with Crippen LogP contribution in [0.3, 0.4) is 0 Å². The number of carbonyl (C=O) groups excluding carboxylic acids is 2. The molecule has 6 saturated heterocycles. The van der Waals surface area contributed by atoms with Gasteiger partial charge in [0, 0.05) is 32.1 Å². The highest BCUT2D eigenvalue weighted by Gasteiger charge is 2.59. The second-order valence-corrected chi connectivity index (χ2v) is 32.2. The van der Waals surface area contributed by atoms with Gasteiger partial charge in [-0.05, 0) is 92.0 Å². The molecule has 0 aliphatic carbocycles. The molecular formula is C42H70O10P8. The molecule has 0 aromatic heterocycles. The molecule has 7 aliphatic rings. The van der Waals surface area contributed by atoms with Crippen molar-refractivity contribution in [3.8, 4) is 0 Å². The highest BCUT2D eigenvalue weighted by Crippen LogP contribution is 2.60. The topological polar surface area (TPSA) is 108 Å². The maximum absolute atomic E-state index is 14.3. The van der Waals surface area contributed by atoms with Crippen LogP contribution >= 0.6 is 68.0 Å². The van der Waals surface area contributed by atoms with Crippen molar-refractivity contribution < 1.29 is 47.1 Å². The highest BCUT2D eigenvalue weighted by molar-refractivity contribution is 8.41. The second-order valence-electron chi connectivity index (χ2n) is 18.5. The fourth-order valence-electron chi connectivity index (χ4n) is 10.9. The summed E-state index contributed by atoms with van der Waals surface area (Å²) in [6, 6.07) is 0. The van der Waals surface area contributed by atoms with Crippen LogP contribution in [0, 0.1) is 23.7 Å². The van der Waals surface area contributed by atoms with Gasteiger partial charge in [0.2, 0.25) is 0 Å². The fourth-order valence-corrected chi connectivity index (χ4v) is 14.8. The number of fused-ring (bicyclic) bond motifs is 7. The van der Waals surface area contributed by atoms with Crippen LogP contribution < -0.4 is 0 Å². The van der Waals surface area contributed by atoms with Gasteiger partial charge >= 0.3 is 0 Å². The average molecular weight is 983 g/mol.